The van der Waals surface area contributed by atoms with E-state index in [1.165, 1.54) is 0 Å². The molecule has 2 amide bonds. The number of anilines is 1. The molecule has 0 atom stereocenters. The van der Waals surface area contributed by atoms with E-state index >= 15 is 0 Å². The third kappa shape index (κ3) is 4.73. The van der Waals surface area contributed by atoms with Crippen LogP contribution in [0.15, 0.2) is 77.2 Å². The molecule has 0 saturated heterocycles. The van der Waals surface area contributed by atoms with Crippen LogP contribution in [0.2, 0.25) is 0 Å². The van der Waals surface area contributed by atoms with Crippen molar-refractivity contribution in [1.29, 1.82) is 0 Å². The van der Waals surface area contributed by atoms with Crippen molar-refractivity contribution in [3.05, 3.63) is 89.5 Å². The number of aryl methyl sites for hydroxylation is 1. The van der Waals surface area contributed by atoms with Gasteiger partial charge in [0.1, 0.15) is 0 Å². The van der Waals surface area contributed by atoms with Gasteiger partial charge >= 0.3 is 0 Å². The average molecular weight is 426 g/mol. The van der Waals surface area contributed by atoms with Gasteiger partial charge in [0, 0.05) is 29.4 Å². The molecule has 3 aromatic carbocycles. The smallest absolute Gasteiger partial charge is 0.255 e. The first-order valence-corrected chi connectivity index (χ1v) is 10.1. The Bertz CT molecular complexity index is 1260. The highest BCUT2D eigenvalue weighted by molar-refractivity contribution is 6.05. The van der Waals surface area contributed by atoms with Crippen molar-refractivity contribution in [3.8, 4) is 22.9 Å². The van der Waals surface area contributed by atoms with Crippen LogP contribution in [-0.2, 0) is 11.2 Å². The van der Waals surface area contributed by atoms with E-state index in [4.69, 9.17) is 4.42 Å². The largest absolute Gasteiger partial charge is 0.416 e. The fourth-order valence-electron chi connectivity index (χ4n) is 3.25. The summed E-state index contributed by atoms with van der Waals surface area (Å²) in [6.45, 7) is 2.00. The molecule has 4 aromatic rings. The first-order chi connectivity index (χ1) is 15.5. The second-order valence-corrected chi connectivity index (χ2v) is 7.32. The fourth-order valence-corrected chi connectivity index (χ4v) is 3.25. The molecule has 1 aromatic heterocycles. The summed E-state index contributed by atoms with van der Waals surface area (Å²) in [7, 11) is 1.58. The van der Waals surface area contributed by atoms with Crippen LogP contribution in [-0.4, -0.2) is 29.1 Å². The Hall–Kier alpha value is -4.26. The van der Waals surface area contributed by atoms with Gasteiger partial charge in [-0.1, -0.05) is 35.9 Å². The Labute approximate surface area is 185 Å². The summed E-state index contributed by atoms with van der Waals surface area (Å²) in [5.74, 6) is 0.426. The maximum Gasteiger partial charge on any atom is 0.255 e. The zero-order valence-corrected chi connectivity index (χ0v) is 17.8. The molecule has 0 bridgehead atoms. The van der Waals surface area contributed by atoms with Gasteiger partial charge in [0.15, 0.2) is 0 Å². The Morgan fingerprint density at radius 2 is 1.59 bits per heavy atom. The molecule has 7 heteroatoms. The summed E-state index contributed by atoms with van der Waals surface area (Å²) < 4.78 is 5.81. The fraction of sp³-hybridized carbons (Fsp3) is 0.120. The summed E-state index contributed by atoms with van der Waals surface area (Å²) in [4.78, 5) is 24.5. The third-order valence-corrected chi connectivity index (χ3v) is 4.98. The second kappa shape index (κ2) is 9.26. The standard InChI is InChI=1S/C25H22N4O3/c1-16-6-5-8-20(14-16)25-29-28-24(32-25)18-12-10-17(11-13-18)23(31)27-21-9-4-3-7-19(21)15-22(30)26-2/h3-14H,15H2,1-2H3,(H,26,30)(H,27,31). The zero-order chi connectivity index (χ0) is 22.5. The molecule has 0 unspecified atom stereocenters. The van der Waals surface area contributed by atoms with Crippen LogP contribution in [0.3, 0.4) is 0 Å². The highest BCUT2D eigenvalue weighted by Gasteiger charge is 2.14. The maximum atomic E-state index is 12.7. The van der Waals surface area contributed by atoms with Gasteiger partial charge in [-0.25, -0.2) is 0 Å². The summed E-state index contributed by atoms with van der Waals surface area (Å²) >= 11 is 0. The molecule has 0 fully saturated rings. The van der Waals surface area contributed by atoms with E-state index in [9.17, 15) is 9.59 Å². The molecule has 0 aliphatic carbocycles. The van der Waals surface area contributed by atoms with Gasteiger partial charge in [-0.3, -0.25) is 9.59 Å². The number of benzene rings is 3. The average Bonchev–Trinajstić information content (AvgIpc) is 3.31. The van der Waals surface area contributed by atoms with Gasteiger partial charge < -0.3 is 15.1 Å². The third-order valence-electron chi connectivity index (χ3n) is 4.98. The maximum absolute atomic E-state index is 12.7. The van der Waals surface area contributed by atoms with Gasteiger partial charge in [-0.15, -0.1) is 10.2 Å². The van der Waals surface area contributed by atoms with Crippen LogP contribution in [0.25, 0.3) is 22.9 Å². The predicted molar refractivity (Wildman–Crippen MR) is 122 cm³/mol. The lowest BCUT2D eigenvalue weighted by molar-refractivity contribution is -0.119. The Morgan fingerprint density at radius 3 is 2.31 bits per heavy atom. The number of amides is 2. The van der Waals surface area contributed by atoms with E-state index in [1.54, 1.807) is 37.4 Å². The van der Waals surface area contributed by atoms with Crippen molar-refractivity contribution in [2.75, 3.05) is 12.4 Å². The van der Waals surface area contributed by atoms with Crippen LogP contribution in [0, 0.1) is 6.92 Å². The van der Waals surface area contributed by atoms with Crippen LogP contribution < -0.4 is 10.6 Å². The molecular weight excluding hydrogens is 404 g/mol. The minimum absolute atomic E-state index is 0.124. The quantitative estimate of drug-likeness (QED) is 0.480. The van der Waals surface area contributed by atoms with E-state index in [0.29, 0.717) is 28.6 Å². The van der Waals surface area contributed by atoms with Crippen molar-refractivity contribution in [3.63, 3.8) is 0 Å². The summed E-state index contributed by atoms with van der Waals surface area (Å²) in [5, 5.41) is 13.7. The summed E-state index contributed by atoms with van der Waals surface area (Å²) in [5.41, 5.74) is 4.50. The second-order valence-electron chi connectivity index (χ2n) is 7.32. The van der Waals surface area contributed by atoms with E-state index in [1.807, 2.05) is 49.4 Å². The number of hydrogen-bond donors (Lipinski definition) is 2. The Balaban J connectivity index is 1.49. The minimum Gasteiger partial charge on any atom is -0.416 e. The SMILES string of the molecule is CNC(=O)Cc1ccccc1NC(=O)c1ccc(-c2nnc(-c3cccc(C)c3)o2)cc1. The molecular formula is C25H22N4O3. The monoisotopic (exact) mass is 426 g/mol. The lowest BCUT2D eigenvalue weighted by Crippen LogP contribution is -2.21. The zero-order valence-electron chi connectivity index (χ0n) is 17.8. The van der Waals surface area contributed by atoms with E-state index < -0.39 is 0 Å². The summed E-state index contributed by atoms with van der Waals surface area (Å²) in [6.07, 6.45) is 0.187. The molecule has 7 nitrogen and oxygen atoms in total. The van der Waals surface area contributed by atoms with Crippen molar-refractivity contribution in [2.24, 2.45) is 0 Å². The highest BCUT2D eigenvalue weighted by Crippen LogP contribution is 2.25. The number of carbonyl (C=O) groups excluding carboxylic acids is 2. The van der Waals surface area contributed by atoms with Crippen molar-refractivity contribution in [2.45, 2.75) is 13.3 Å². The number of aromatic nitrogens is 2. The molecule has 2 N–H and O–H groups in total. The molecule has 0 spiro atoms. The van der Waals surface area contributed by atoms with Crippen molar-refractivity contribution in [1.82, 2.24) is 15.5 Å². The lowest BCUT2D eigenvalue weighted by atomic mass is 10.1. The summed E-state index contributed by atoms with van der Waals surface area (Å²) in [6, 6.07) is 22.0. The lowest BCUT2D eigenvalue weighted by Gasteiger charge is -2.11. The van der Waals surface area contributed by atoms with Crippen LogP contribution in [0.4, 0.5) is 5.69 Å². The highest BCUT2D eigenvalue weighted by atomic mass is 16.4. The Morgan fingerprint density at radius 1 is 0.875 bits per heavy atom. The molecule has 32 heavy (non-hydrogen) atoms. The Kier molecular flexibility index (Phi) is 6.07. The van der Waals surface area contributed by atoms with Gasteiger partial charge in [0.05, 0.1) is 6.42 Å². The predicted octanol–water partition coefficient (Wildman–Crippen LogP) is 4.25. The number of carbonyl (C=O) groups is 2. The number of para-hydroxylation sites is 1. The number of nitrogens with one attached hydrogen (secondary N) is 2. The molecule has 0 aliphatic heterocycles. The first-order valence-electron chi connectivity index (χ1n) is 10.1. The van der Waals surface area contributed by atoms with E-state index in [2.05, 4.69) is 20.8 Å². The topological polar surface area (TPSA) is 97.1 Å². The van der Waals surface area contributed by atoms with E-state index in [-0.39, 0.29) is 18.2 Å². The van der Waals surface area contributed by atoms with Gasteiger partial charge in [0.25, 0.3) is 5.91 Å². The molecule has 160 valence electrons. The van der Waals surface area contributed by atoms with Crippen LogP contribution in [0.1, 0.15) is 21.5 Å². The van der Waals surface area contributed by atoms with Crippen molar-refractivity contribution < 1.29 is 14.0 Å². The van der Waals surface area contributed by atoms with E-state index in [0.717, 1.165) is 16.7 Å². The number of hydrogen-bond acceptors (Lipinski definition) is 5. The number of rotatable bonds is 6. The van der Waals surface area contributed by atoms with Crippen molar-refractivity contribution >= 4 is 17.5 Å². The van der Waals surface area contributed by atoms with Gasteiger partial charge in [-0.05, 0) is 55.0 Å². The van der Waals surface area contributed by atoms with Crippen LogP contribution in [0.5, 0.6) is 0 Å². The molecule has 0 saturated carbocycles. The minimum atomic E-state index is -0.271. The molecule has 1 heterocycles. The molecule has 0 radical (unpaired) electrons. The molecule has 4 rings (SSSR count). The number of likely N-dealkylation sites (N-methyl/N-ethyl adjacent to an activating group) is 1. The molecule has 0 aliphatic rings. The van der Waals surface area contributed by atoms with Gasteiger partial charge in [0.2, 0.25) is 17.7 Å². The normalized spacial score (nSPS) is 10.6. The number of nitrogens with zero attached hydrogens (tertiary/aromatic N) is 2. The first kappa shape index (κ1) is 21.0. The van der Waals surface area contributed by atoms with Crippen LogP contribution >= 0.6 is 0 Å². The van der Waals surface area contributed by atoms with Gasteiger partial charge in [-0.2, -0.15) is 0 Å².